The molecular weight excluding hydrogens is 660 g/mol. The minimum Gasteiger partial charge on any atom is -0.344 e. The Kier molecular flexibility index (Phi) is 13.4. The lowest BCUT2D eigenvalue weighted by atomic mass is 9.81. The number of hydrogen-bond donors (Lipinski definition) is 0. The van der Waals surface area contributed by atoms with E-state index in [2.05, 4.69) is 75.3 Å². The summed E-state index contributed by atoms with van der Waals surface area (Å²) >= 11 is 8.46. The number of allylic oxidation sites excluding steroid dienone is 4. The zero-order chi connectivity index (χ0) is 35.1. The van der Waals surface area contributed by atoms with Crippen molar-refractivity contribution in [2.45, 2.75) is 121 Å². The first kappa shape index (κ1) is 38.5. The van der Waals surface area contributed by atoms with Gasteiger partial charge in [-0.15, -0.1) is 4.33 Å². The molecule has 0 bridgehead atoms. The van der Waals surface area contributed by atoms with Gasteiger partial charge in [-0.25, -0.2) is 8.42 Å². The second-order valence-corrected chi connectivity index (χ2v) is 17.2. The zero-order valence-electron chi connectivity index (χ0n) is 30.3. The van der Waals surface area contributed by atoms with Gasteiger partial charge in [0.2, 0.25) is 5.69 Å². The number of benzene rings is 2. The lowest BCUT2D eigenvalue weighted by Gasteiger charge is -2.27. The van der Waals surface area contributed by atoms with Crippen molar-refractivity contribution < 1.29 is 22.2 Å². The normalized spacial score (nSPS) is 17.7. The molecule has 0 fully saturated rings. The summed E-state index contributed by atoms with van der Waals surface area (Å²) < 4.78 is 32.7. The van der Waals surface area contributed by atoms with E-state index < -0.39 is 15.3 Å². The smallest absolute Gasteiger partial charge is 0.210 e. The molecule has 0 spiro atoms. The van der Waals surface area contributed by atoms with E-state index >= 15 is 0 Å². The first-order chi connectivity index (χ1) is 22.8. The summed E-state index contributed by atoms with van der Waals surface area (Å²) in [6.45, 7) is 15.1. The third-order valence-corrected chi connectivity index (χ3v) is 11.4. The number of anilines is 1. The van der Waals surface area contributed by atoms with Crippen LogP contribution in [0.5, 0.6) is 5.75 Å². The maximum Gasteiger partial charge on any atom is 0.210 e. The van der Waals surface area contributed by atoms with Gasteiger partial charge >= 0.3 is 0 Å². The summed E-state index contributed by atoms with van der Waals surface area (Å²) in [6, 6.07) is 11.8. The summed E-state index contributed by atoms with van der Waals surface area (Å²) in [5.41, 5.74) is 5.91. The van der Waals surface area contributed by atoms with Gasteiger partial charge in [0.05, 0.1) is 10.3 Å². The van der Waals surface area contributed by atoms with E-state index in [9.17, 15) is 8.42 Å². The van der Waals surface area contributed by atoms with E-state index in [1.807, 2.05) is 24.5 Å². The van der Waals surface area contributed by atoms with Crippen LogP contribution in [-0.4, -0.2) is 44.3 Å². The zero-order valence-corrected chi connectivity index (χ0v) is 32.7. The van der Waals surface area contributed by atoms with Crippen molar-refractivity contribution in [1.82, 2.24) is 0 Å². The fourth-order valence-corrected chi connectivity index (χ4v) is 8.12. The number of hydrogen-bond acceptors (Lipinski definition) is 6. The van der Waals surface area contributed by atoms with Crippen molar-refractivity contribution in [2.75, 3.05) is 30.5 Å². The van der Waals surface area contributed by atoms with Crippen LogP contribution in [0.25, 0.3) is 0 Å². The summed E-state index contributed by atoms with van der Waals surface area (Å²) in [5, 5.41) is 0.652. The highest BCUT2D eigenvalue weighted by atomic mass is 35.5. The average Bonchev–Trinajstić information content (AvgIpc) is 3.37. The van der Waals surface area contributed by atoms with Gasteiger partial charge in [-0.3, -0.25) is 0 Å². The molecule has 2 aliphatic rings. The predicted molar refractivity (Wildman–Crippen MR) is 204 cm³/mol. The van der Waals surface area contributed by atoms with Crippen molar-refractivity contribution >= 4 is 50.6 Å². The third-order valence-electron chi connectivity index (χ3n) is 9.87. The van der Waals surface area contributed by atoms with Gasteiger partial charge < -0.3 is 9.79 Å². The summed E-state index contributed by atoms with van der Waals surface area (Å²) in [7, 11) is -3.34. The van der Waals surface area contributed by atoms with Crippen LogP contribution in [0.1, 0.15) is 117 Å². The molecule has 2 aromatic carbocycles. The van der Waals surface area contributed by atoms with Crippen molar-refractivity contribution in [3.63, 3.8) is 0 Å². The van der Waals surface area contributed by atoms with Gasteiger partial charge in [0.25, 0.3) is 0 Å². The van der Waals surface area contributed by atoms with Crippen LogP contribution in [0.15, 0.2) is 64.2 Å². The monoisotopic (exact) mass is 715 g/mol. The lowest BCUT2D eigenvalue weighted by molar-refractivity contribution is -0.438. The number of nitrogens with zero attached hydrogens (tertiary/aromatic N) is 2. The minimum absolute atomic E-state index is 0.326. The molecule has 9 heteroatoms. The highest BCUT2D eigenvalue weighted by Gasteiger charge is 2.45. The van der Waals surface area contributed by atoms with E-state index in [-0.39, 0.29) is 5.41 Å². The number of fused-ring (bicyclic) bond motifs is 2. The van der Waals surface area contributed by atoms with Gasteiger partial charge in [0.15, 0.2) is 21.3 Å². The summed E-state index contributed by atoms with van der Waals surface area (Å²) in [6.07, 6.45) is 19.2. The maximum absolute atomic E-state index is 12.6. The van der Waals surface area contributed by atoms with Gasteiger partial charge in [-0.1, -0.05) is 84.2 Å². The van der Waals surface area contributed by atoms with Gasteiger partial charge in [-0.05, 0) is 68.7 Å². The Morgan fingerprint density at radius 2 is 1.56 bits per heavy atom. The molecular formula is C39H56ClN2O4S2+. The molecule has 4 rings (SSSR count). The minimum atomic E-state index is -3.34. The number of halogens is 1. The molecule has 0 amide bonds. The van der Waals surface area contributed by atoms with Crippen LogP contribution in [0.2, 0.25) is 0 Å². The molecule has 0 atom stereocenters. The second kappa shape index (κ2) is 16.6. The highest BCUT2D eigenvalue weighted by molar-refractivity contribution is 7.93. The van der Waals surface area contributed by atoms with Gasteiger partial charge in [0.1, 0.15) is 6.54 Å². The number of rotatable bonds is 18. The van der Waals surface area contributed by atoms with Crippen LogP contribution < -0.4 is 9.79 Å². The molecule has 6 nitrogen and oxygen atoms in total. The van der Waals surface area contributed by atoms with Crippen molar-refractivity contribution in [3.8, 4) is 5.75 Å². The number of sulfone groups is 1. The molecule has 0 aromatic heterocycles. The molecule has 0 aliphatic carbocycles. The molecule has 0 N–H and O–H groups in total. The first-order valence-corrected chi connectivity index (χ1v) is 21.1. The van der Waals surface area contributed by atoms with Crippen LogP contribution in [0, 0.1) is 0 Å². The van der Waals surface area contributed by atoms with Crippen LogP contribution in [0.4, 0.5) is 11.4 Å². The lowest BCUT2D eigenvalue weighted by Crippen LogP contribution is -2.29. The Bertz CT molecular complexity index is 1640. The molecule has 2 aliphatic heterocycles. The van der Waals surface area contributed by atoms with Crippen LogP contribution in [0.3, 0.4) is 0 Å². The van der Waals surface area contributed by atoms with E-state index in [4.69, 9.17) is 20.8 Å². The van der Waals surface area contributed by atoms with Crippen LogP contribution in [-0.2, 0) is 25.0 Å². The standard InChI is InChI=1S/C39H56ClN2O4S2/c1-9-11-13-15-17-23-41-34-21-19-30(45-46-47-7)27-32(34)38(3,4)36(41)25-29(40)26-37-39(5,6)33-28-31(48(8,43)44)20-22-35(33)42(37)24-18-16-14-12-10-2/h19-22,25-28H,9-18,23-24H2,1-8H3/q+1. The highest BCUT2D eigenvalue weighted by Crippen LogP contribution is 2.49. The molecule has 0 saturated heterocycles. The Balaban J connectivity index is 1.77. The van der Waals surface area contributed by atoms with E-state index in [1.165, 1.54) is 74.5 Å². The summed E-state index contributed by atoms with van der Waals surface area (Å²) in [4.78, 5) is 8.24. The fraction of sp³-hybridized carbons (Fsp3) is 0.564. The summed E-state index contributed by atoms with van der Waals surface area (Å²) in [5.74, 6) is 0.672. The van der Waals surface area contributed by atoms with E-state index in [0.29, 0.717) is 15.7 Å². The van der Waals surface area contributed by atoms with Crippen molar-refractivity contribution in [3.05, 3.63) is 70.4 Å². The van der Waals surface area contributed by atoms with Crippen molar-refractivity contribution in [2.24, 2.45) is 0 Å². The molecule has 2 aromatic rings. The van der Waals surface area contributed by atoms with Gasteiger partial charge in [0, 0.05) is 77.1 Å². The van der Waals surface area contributed by atoms with Gasteiger partial charge in [-0.2, -0.15) is 4.58 Å². The fourth-order valence-electron chi connectivity index (χ4n) is 7.12. The Morgan fingerprint density at radius 1 is 0.896 bits per heavy atom. The first-order valence-electron chi connectivity index (χ1n) is 17.7. The SMILES string of the molecule is CCCCCCCN1C(=CC(Cl)=CC2=[N+](CCCCCCC)c3ccc(OOSC)cc3C2(C)C)C(C)(C)c2cc(S(C)(=O)=O)ccc21. The molecule has 0 unspecified atom stereocenters. The van der Waals surface area contributed by atoms with E-state index in [0.717, 1.165) is 55.0 Å². The topological polar surface area (TPSA) is 58.9 Å². The molecule has 2 heterocycles. The molecule has 0 radical (unpaired) electrons. The Morgan fingerprint density at radius 3 is 2.21 bits per heavy atom. The van der Waals surface area contributed by atoms with E-state index in [1.54, 1.807) is 6.07 Å². The molecule has 264 valence electrons. The average molecular weight is 716 g/mol. The molecule has 48 heavy (non-hydrogen) atoms. The number of unbranched alkanes of at least 4 members (excludes halogenated alkanes) is 8. The predicted octanol–water partition coefficient (Wildman–Crippen LogP) is 10.8. The molecule has 0 saturated carbocycles. The van der Waals surface area contributed by atoms with Crippen LogP contribution >= 0.6 is 23.6 Å². The third kappa shape index (κ3) is 8.72. The Labute approximate surface area is 299 Å². The maximum atomic E-state index is 12.6. The largest absolute Gasteiger partial charge is 0.344 e. The van der Waals surface area contributed by atoms with Crippen molar-refractivity contribution in [1.29, 1.82) is 0 Å². The Hall–Kier alpha value is -2.26. The quantitative estimate of drug-likeness (QED) is 0.0503. The second-order valence-electron chi connectivity index (χ2n) is 14.3.